The fraction of sp³-hybridized carbons (Fsp3) is 0.444. The van der Waals surface area contributed by atoms with Crippen molar-refractivity contribution in [2.24, 2.45) is 11.8 Å². The van der Waals surface area contributed by atoms with Gasteiger partial charge in [0.2, 0.25) is 5.91 Å². The molecular formula is C18H25N7O2. The van der Waals surface area contributed by atoms with Gasteiger partial charge in [0.05, 0.1) is 11.8 Å². The predicted octanol–water partition coefficient (Wildman–Crippen LogP) is 2.21. The zero-order chi connectivity index (χ0) is 19.4. The van der Waals surface area contributed by atoms with E-state index in [9.17, 15) is 9.90 Å². The molecule has 3 aromatic heterocycles. The van der Waals surface area contributed by atoms with Gasteiger partial charge in [-0.2, -0.15) is 5.10 Å². The van der Waals surface area contributed by atoms with Gasteiger partial charge in [0, 0.05) is 30.9 Å². The number of aliphatic hydroxyl groups is 1. The Kier molecular flexibility index (Phi) is 5.70. The van der Waals surface area contributed by atoms with Crippen molar-refractivity contribution in [3.05, 3.63) is 30.9 Å². The van der Waals surface area contributed by atoms with E-state index in [1.54, 1.807) is 29.3 Å². The number of amides is 1. The molecule has 0 aliphatic carbocycles. The molecule has 3 aromatic rings. The molecule has 27 heavy (non-hydrogen) atoms. The topological polar surface area (TPSA) is 121 Å². The molecule has 0 saturated carbocycles. The van der Waals surface area contributed by atoms with Crippen molar-refractivity contribution in [1.82, 2.24) is 24.7 Å². The van der Waals surface area contributed by atoms with Crippen molar-refractivity contribution in [3.8, 4) is 0 Å². The van der Waals surface area contributed by atoms with Gasteiger partial charge >= 0.3 is 0 Å². The number of hydrogen-bond acceptors (Lipinski definition) is 6. The molecule has 9 nitrogen and oxygen atoms in total. The third-order valence-corrected chi connectivity index (χ3v) is 4.39. The van der Waals surface area contributed by atoms with Gasteiger partial charge in [-0.15, -0.1) is 0 Å². The summed E-state index contributed by atoms with van der Waals surface area (Å²) in [4.78, 5) is 23.8. The molecule has 144 valence electrons. The second-order valence-electron chi connectivity index (χ2n) is 6.93. The van der Waals surface area contributed by atoms with Crippen LogP contribution in [0.2, 0.25) is 0 Å². The van der Waals surface area contributed by atoms with Crippen molar-refractivity contribution < 1.29 is 9.90 Å². The largest absolute Gasteiger partial charge is 0.374 e. The smallest absolute Gasteiger partial charge is 0.228 e. The molecule has 0 radical (unpaired) electrons. The Morgan fingerprint density at radius 2 is 2.11 bits per heavy atom. The highest BCUT2D eigenvalue weighted by Gasteiger charge is 2.16. The maximum Gasteiger partial charge on any atom is 0.228 e. The SMILES string of the molecule is CC(CCn1ccc(NC(O)C(C)C)n1)C(=O)Nc1nccc2[nH]cnc12. The molecule has 0 aromatic carbocycles. The number of aromatic nitrogens is 5. The minimum atomic E-state index is -0.643. The molecule has 2 unspecified atom stereocenters. The van der Waals surface area contributed by atoms with Gasteiger partial charge in [-0.05, 0) is 18.4 Å². The van der Waals surface area contributed by atoms with Crippen LogP contribution in [0.5, 0.6) is 0 Å². The van der Waals surface area contributed by atoms with E-state index in [0.29, 0.717) is 30.1 Å². The second-order valence-corrected chi connectivity index (χ2v) is 6.93. The van der Waals surface area contributed by atoms with Crippen molar-refractivity contribution in [1.29, 1.82) is 0 Å². The van der Waals surface area contributed by atoms with Gasteiger partial charge in [0.1, 0.15) is 17.6 Å². The maximum atomic E-state index is 12.5. The van der Waals surface area contributed by atoms with E-state index in [0.717, 1.165) is 5.52 Å². The number of carbonyl (C=O) groups excluding carboxylic acids is 1. The Balaban J connectivity index is 1.53. The summed E-state index contributed by atoms with van der Waals surface area (Å²) in [6.45, 7) is 6.31. The maximum absolute atomic E-state index is 12.5. The zero-order valence-corrected chi connectivity index (χ0v) is 15.7. The number of pyridine rings is 1. The van der Waals surface area contributed by atoms with Crippen LogP contribution in [0.25, 0.3) is 11.0 Å². The molecule has 0 aliphatic rings. The first-order chi connectivity index (χ1) is 12.9. The van der Waals surface area contributed by atoms with Crippen LogP contribution in [-0.2, 0) is 11.3 Å². The number of aliphatic hydroxyl groups excluding tert-OH is 1. The Labute approximate surface area is 157 Å². The summed E-state index contributed by atoms with van der Waals surface area (Å²) in [6.07, 6.45) is 5.01. The van der Waals surface area contributed by atoms with E-state index >= 15 is 0 Å². The van der Waals surface area contributed by atoms with E-state index in [4.69, 9.17) is 0 Å². The number of fused-ring (bicyclic) bond motifs is 1. The number of H-pyrrole nitrogens is 1. The molecule has 0 spiro atoms. The summed E-state index contributed by atoms with van der Waals surface area (Å²) >= 11 is 0. The van der Waals surface area contributed by atoms with Crippen LogP contribution in [-0.4, -0.2) is 42.0 Å². The lowest BCUT2D eigenvalue weighted by molar-refractivity contribution is -0.119. The van der Waals surface area contributed by atoms with Crippen LogP contribution < -0.4 is 10.6 Å². The van der Waals surface area contributed by atoms with Gasteiger partial charge in [0.15, 0.2) is 5.82 Å². The number of hydrogen-bond donors (Lipinski definition) is 4. The summed E-state index contributed by atoms with van der Waals surface area (Å²) in [5.74, 6) is 0.828. The van der Waals surface area contributed by atoms with E-state index in [-0.39, 0.29) is 17.7 Å². The van der Waals surface area contributed by atoms with Gasteiger partial charge in [0.25, 0.3) is 0 Å². The Morgan fingerprint density at radius 1 is 1.30 bits per heavy atom. The molecule has 4 N–H and O–H groups in total. The summed E-state index contributed by atoms with van der Waals surface area (Å²) < 4.78 is 1.76. The second kappa shape index (κ2) is 8.17. The number of carbonyl (C=O) groups is 1. The average molecular weight is 371 g/mol. The minimum Gasteiger partial charge on any atom is -0.374 e. The number of anilines is 2. The fourth-order valence-corrected chi connectivity index (χ4v) is 2.54. The normalized spacial score (nSPS) is 13.7. The fourth-order valence-electron chi connectivity index (χ4n) is 2.54. The molecular weight excluding hydrogens is 346 g/mol. The lowest BCUT2D eigenvalue weighted by Gasteiger charge is -2.15. The lowest BCUT2D eigenvalue weighted by atomic mass is 10.1. The third-order valence-electron chi connectivity index (χ3n) is 4.39. The first-order valence-electron chi connectivity index (χ1n) is 9.01. The number of nitrogens with zero attached hydrogens (tertiary/aromatic N) is 4. The van der Waals surface area contributed by atoms with Crippen molar-refractivity contribution in [2.45, 2.75) is 40.0 Å². The summed E-state index contributed by atoms with van der Waals surface area (Å²) in [5, 5.41) is 20.0. The van der Waals surface area contributed by atoms with Crippen LogP contribution in [0.1, 0.15) is 27.2 Å². The van der Waals surface area contributed by atoms with Crippen molar-refractivity contribution >= 4 is 28.6 Å². The number of rotatable bonds is 8. The zero-order valence-electron chi connectivity index (χ0n) is 15.7. The minimum absolute atomic E-state index is 0.0893. The number of aromatic amines is 1. The molecule has 9 heteroatoms. The molecule has 0 aliphatic heterocycles. The summed E-state index contributed by atoms with van der Waals surface area (Å²) in [6, 6.07) is 3.61. The molecule has 0 saturated heterocycles. The van der Waals surface area contributed by atoms with Crippen molar-refractivity contribution in [2.75, 3.05) is 10.6 Å². The number of imidazole rings is 1. The molecule has 0 bridgehead atoms. The monoisotopic (exact) mass is 371 g/mol. The highest BCUT2D eigenvalue weighted by Crippen LogP contribution is 2.18. The van der Waals surface area contributed by atoms with Crippen LogP contribution in [0.4, 0.5) is 11.6 Å². The summed E-state index contributed by atoms with van der Waals surface area (Å²) in [5.41, 5.74) is 1.47. The molecule has 1 amide bonds. The highest BCUT2D eigenvalue weighted by atomic mass is 16.3. The van der Waals surface area contributed by atoms with Gasteiger partial charge in [-0.25, -0.2) is 9.97 Å². The first kappa shape index (κ1) is 18.8. The van der Waals surface area contributed by atoms with E-state index in [1.807, 2.05) is 27.0 Å². The predicted molar refractivity (Wildman–Crippen MR) is 103 cm³/mol. The van der Waals surface area contributed by atoms with Crippen LogP contribution in [0.3, 0.4) is 0 Å². The standard InChI is InChI=1S/C18H25N7O2/c1-11(2)17(26)22-14-6-9-25(24-14)8-5-12(3)18(27)23-16-15-13(4-7-19-16)20-10-21-15/h4,6-7,9-12,17,26H,5,8H2,1-3H3,(H,20,21)(H,22,24)(H,19,23,27). The average Bonchev–Trinajstić information content (AvgIpc) is 3.29. The number of aryl methyl sites for hydroxylation is 1. The van der Waals surface area contributed by atoms with E-state index in [1.165, 1.54) is 0 Å². The Hall–Kier alpha value is -2.94. The molecule has 0 fully saturated rings. The Morgan fingerprint density at radius 3 is 2.89 bits per heavy atom. The molecule has 2 atom stereocenters. The van der Waals surface area contributed by atoms with Crippen LogP contribution in [0.15, 0.2) is 30.9 Å². The lowest BCUT2D eigenvalue weighted by Crippen LogP contribution is -2.25. The quantitative estimate of drug-likeness (QED) is 0.451. The van der Waals surface area contributed by atoms with E-state index in [2.05, 4.69) is 30.7 Å². The van der Waals surface area contributed by atoms with Crippen LogP contribution in [0, 0.1) is 11.8 Å². The summed E-state index contributed by atoms with van der Waals surface area (Å²) in [7, 11) is 0. The highest BCUT2D eigenvalue weighted by molar-refractivity contribution is 5.98. The van der Waals surface area contributed by atoms with Gasteiger partial charge in [-0.3, -0.25) is 9.48 Å². The number of nitrogens with one attached hydrogen (secondary N) is 3. The third kappa shape index (κ3) is 4.62. The Bertz CT molecular complexity index is 902. The van der Waals surface area contributed by atoms with Crippen molar-refractivity contribution in [3.63, 3.8) is 0 Å². The molecule has 3 heterocycles. The van der Waals surface area contributed by atoms with Crippen LogP contribution >= 0.6 is 0 Å². The molecule has 3 rings (SSSR count). The van der Waals surface area contributed by atoms with E-state index < -0.39 is 6.23 Å². The van der Waals surface area contributed by atoms with Gasteiger partial charge < -0.3 is 20.7 Å². The van der Waals surface area contributed by atoms with Gasteiger partial charge in [-0.1, -0.05) is 20.8 Å². The first-order valence-corrected chi connectivity index (χ1v) is 9.01.